The number of halogens is 4. The molecule has 6 aromatic rings. The molecule has 4 aromatic heterocycles. The number of piperidine rings is 2. The molecule has 2 aromatic carbocycles. The third-order valence-corrected chi connectivity index (χ3v) is 15.4. The number of aliphatic hydroxyl groups is 2. The van der Waals surface area contributed by atoms with Gasteiger partial charge in [-0.15, -0.1) is 0 Å². The van der Waals surface area contributed by atoms with Gasteiger partial charge in [0.15, 0.2) is 22.7 Å². The highest BCUT2D eigenvalue weighted by Crippen LogP contribution is 2.37. The van der Waals surface area contributed by atoms with Crippen LogP contribution in [-0.4, -0.2) is 138 Å². The van der Waals surface area contributed by atoms with Gasteiger partial charge >= 0.3 is 0 Å². The number of hydrogen-bond donors (Lipinski definition) is 2. The molecule has 20 heteroatoms. The molecule has 4 fully saturated rings. The number of aromatic nitrogens is 8. The van der Waals surface area contributed by atoms with E-state index in [1.54, 1.807) is 46.0 Å². The van der Waals surface area contributed by atoms with Crippen LogP contribution >= 0.6 is 46.4 Å². The smallest absolute Gasteiger partial charge is 0.190 e. The normalized spacial score (nSPS) is 20.3. The van der Waals surface area contributed by atoms with E-state index in [9.17, 15) is 20.7 Å². The molecule has 8 heterocycles. The lowest BCUT2D eigenvalue weighted by Gasteiger charge is -2.47. The Hall–Kier alpha value is -4.88. The summed E-state index contributed by atoms with van der Waals surface area (Å²) >= 11 is 25.0. The van der Waals surface area contributed by atoms with Crippen molar-refractivity contribution >= 4 is 80.4 Å². The molecule has 68 heavy (non-hydrogen) atoms. The first-order chi connectivity index (χ1) is 33.0. The van der Waals surface area contributed by atoms with Crippen LogP contribution in [0.15, 0.2) is 48.8 Å². The Morgan fingerprint density at radius 2 is 1.03 bits per heavy atom. The molecule has 4 atom stereocenters. The van der Waals surface area contributed by atoms with Gasteiger partial charge in [-0.2, -0.15) is 20.7 Å². The number of benzene rings is 2. The second-order valence-electron chi connectivity index (χ2n) is 18.5. The van der Waals surface area contributed by atoms with Crippen LogP contribution in [0.1, 0.15) is 74.1 Å². The molecular formula is C48H54Cl4N14O2. The van der Waals surface area contributed by atoms with Crippen LogP contribution in [0.2, 0.25) is 20.1 Å². The predicted octanol–water partition coefficient (Wildman–Crippen LogP) is 7.51. The Kier molecular flexibility index (Phi) is 14.9. The van der Waals surface area contributed by atoms with E-state index in [-0.39, 0.29) is 36.7 Å². The maximum Gasteiger partial charge on any atom is 0.190 e. The van der Waals surface area contributed by atoms with Gasteiger partial charge in [0.25, 0.3) is 0 Å². The van der Waals surface area contributed by atoms with Crippen molar-refractivity contribution < 1.29 is 10.2 Å². The summed E-state index contributed by atoms with van der Waals surface area (Å²) in [6, 6.07) is 14.5. The lowest BCUT2D eigenvalue weighted by molar-refractivity contribution is 0.101. The zero-order valence-electron chi connectivity index (χ0n) is 38.1. The molecule has 4 aliphatic heterocycles. The van der Waals surface area contributed by atoms with E-state index in [1.807, 2.05) is 26.0 Å². The first-order valence-electron chi connectivity index (χ1n) is 23.3. The van der Waals surface area contributed by atoms with Crippen molar-refractivity contribution in [2.24, 2.45) is 23.7 Å². The first kappa shape index (κ1) is 48.2. The van der Waals surface area contributed by atoms with Crippen molar-refractivity contribution in [3.05, 3.63) is 91.4 Å². The standard InChI is InChI=1S/2C24H27Cl2N7O/c2*1-15(19-5-4-18(25)9-20(19)26)33-24-23(21(10-27)30-33)28-11-22(29-24)32-13-17(14-32)16-3-2-6-31(12-16)7-8-34/h2*4-5,9,11,15-17,34H,2-3,6-8,12-14H2,1H3/t15-,16+;15-,16-/m11/s1. The summed E-state index contributed by atoms with van der Waals surface area (Å²) in [4.78, 5) is 28.1. The van der Waals surface area contributed by atoms with Crippen molar-refractivity contribution in [2.75, 3.05) is 88.5 Å². The van der Waals surface area contributed by atoms with Crippen LogP contribution in [0.4, 0.5) is 11.6 Å². The number of hydrogen-bond acceptors (Lipinski definition) is 14. The maximum absolute atomic E-state index is 9.60. The highest BCUT2D eigenvalue weighted by molar-refractivity contribution is 6.35. The lowest BCUT2D eigenvalue weighted by Crippen LogP contribution is -2.54. The third-order valence-electron chi connectivity index (χ3n) is 14.3. The molecule has 0 amide bonds. The minimum absolute atomic E-state index is 0.219. The topological polar surface area (TPSA) is 188 Å². The number of nitrogens with zero attached hydrogens (tertiary/aromatic N) is 14. The molecule has 0 radical (unpaired) electrons. The molecule has 4 aliphatic rings. The summed E-state index contributed by atoms with van der Waals surface area (Å²) in [6.07, 6.45) is 8.34. The highest BCUT2D eigenvalue weighted by Gasteiger charge is 2.38. The number of rotatable bonds is 12. The van der Waals surface area contributed by atoms with Crippen molar-refractivity contribution in [3.63, 3.8) is 0 Å². The fraction of sp³-hybridized carbons (Fsp3) is 0.500. The molecule has 0 unspecified atom stereocenters. The molecule has 2 N–H and O–H groups in total. The fourth-order valence-corrected chi connectivity index (χ4v) is 11.5. The van der Waals surface area contributed by atoms with Gasteiger partial charge in [0.1, 0.15) is 34.8 Å². The van der Waals surface area contributed by atoms with Crippen molar-refractivity contribution in [3.8, 4) is 12.1 Å². The van der Waals surface area contributed by atoms with Gasteiger partial charge in [0.2, 0.25) is 0 Å². The van der Waals surface area contributed by atoms with E-state index in [2.05, 4.69) is 51.9 Å². The molecule has 356 valence electrons. The van der Waals surface area contributed by atoms with Crippen LogP contribution in [-0.2, 0) is 0 Å². The highest BCUT2D eigenvalue weighted by atomic mass is 35.5. The predicted molar refractivity (Wildman–Crippen MR) is 265 cm³/mol. The molecular weight excluding hydrogens is 946 g/mol. The van der Waals surface area contributed by atoms with Crippen molar-refractivity contribution in [1.29, 1.82) is 10.5 Å². The number of nitriles is 2. The summed E-state index contributed by atoms with van der Waals surface area (Å²) in [6.45, 7) is 13.9. The van der Waals surface area contributed by atoms with Crippen molar-refractivity contribution in [2.45, 2.75) is 51.6 Å². The summed E-state index contributed by atoms with van der Waals surface area (Å²) in [5.74, 6) is 4.13. The van der Waals surface area contributed by atoms with Gasteiger partial charge in [-0.3, -0.25) is 0 Å². The summed E-state index contributed by atoms with van der Waals surface area (Å²) in [5, 5.41) is 48.9. The zero-order chi connectivity index (χ0) is 47.6. The average Bonchev–Trinajstić information content (AvgIpc) is 3.86. The molecule has 4 saturated heterocycles. The summed E-state index contributed by atoms with van der Waals surface area (Å²) < 4.78 is 3.45. The van der Waals surface area contributed by atoms with Crippen molar-refractivity contribution in [1.82, 2.24) is 49.3 Å². The maximum atomic E-state index is 9.60. The van der Waals surface area contributed by atoms with E-state index in [4.69, 9.17) is 56.4 Å². The SMILES string of the molecule is C[C@H](c1ccc(Cl)cc1Cl)n1nc(C#N)c2ncc(N3CC([C@@H]4CCCN(CCO)C4)C3)nc21.C[C@H](c1ccc(Cl)cc1Cl)n1nc(C#N)c2ncc(N3CC([C@H]4CCCN(CCO)C4)C3)nc21. The molecule has 10 rings (SSSR count). The van der Waals surface area contributed by atoms with Crippen LogP contribution in [0, 0.1) is 46.3 Å². The van der Waals surface area contributed by atoms with Gasteiger partial charge in [0.05, 0.1) is 37.7 Å². The minimum atomic E-state index is -0.247. The number of likely N-dealkylation sites (tertiary alicyclic amines) is 2. The molecule has 0 saturated carbocycles. The Balaban J connectivity index is 0.000000170. The average molecular weight is 1000 g/mol. The van der Waals surface area contributed by atoms with E-state index in [0.29, 0.717) is 66.1 Å². The Bertz CT molecular complexity index is 2660. The second-order valence-corrected chi connectivity index (χ2v) is 20.2. The van der Waals surface area contributed by atoms with E-state index in [0.717, 1.165) is 88.2 Å². The number of fused-ring (bicyclic) bond motifs is 2. The zero-order valence-corrected chi connectivity index (χ0v) is 41.1. The molecule has 0 spiro atoms. The van der Waals surface area contributed by atoms with Crippen LogP contribution in [0.3, 0.4) is 0 Å². The Morgan fingerprint density at radius 3 is 1.40 bits per heavy atom. The number of anilines is 2. The largest absolute Gasteiger partial charge is 0.395 e. The Morgan fingerprint density at radius 1 is 0.618 bits per heavy atom. The lowest BCUT2D eigenvalue weighted by atomic mass is 9.80. The van der Waals surface area contributed by atoms with E-state index in [1.165, 1.54) is 25.7 Å². The van der Waals surface area contributed by atoms with Gasteiger partial charge in [-0.05, 0) is 112 Å². The summed E-state index contributed by atoms with van der Waals surface area (Å²) in [5.41, 5.74) is 4.32. The number of aliphatic hydroxyl groups excluding tert-OH is 2. The van der Waals surface area contributed by atoms with Crippen LogP contribution in [0.5, 0.6) is 0 Å². The molecule has 0 bridgehead atoms. The van der Waals surface area contributed by atoms with Crippen LogP contribution in [0.25, 0.3) is 22.3 Å². The second kappa shape index (κ2) is 21.0. The third kappa shape index (κ3) is 9.93. The quantitative estimate of drug-likeness (QED) is 0.123. The molecule has 0 aliphatic carbocycles. The fourth-order valence-electron chi connectivity index (χ4n) is 10.4. The van der Waals surface area contributed by atoms with Gasteiger partial charge in [0, 0.05) is 72.4 Å². The number of β-amino-alcohol motifs (C(OH)–C–C–N with tert-alkyl or cyclic N) is 2. The van der Waals surface area contributed by atoms with Gasteiger partial charge in [-0.1, -0.05) is 58.5 Å². The Labute approximate surface area is 415 Å². The van der Waals surface area contributed by atoms with E-state index >= 15 is 0 Å². The van der Waals surface area contributed by atoms with Gasteiger partial charge in [-0.25, -0.2) is 29.3 Å². The first-order valence-corrected chi connectivity index (χ1v) is 24.8. The monoisotopic (exact) mass is 998 g/mol. The minimum Gasteiger partial charge on any atom is -0.395 e. The van der Waals surface area contributed by atoms with Gasteiger partial charge < -0.3 is 29.8 Å². The molecule has 16 nitrogen and oxygen atoms in total. The van der Waals surface area contributed by atoms with E-state index < -0.39 is 0 Å². The van der Waals surface area contributed by atoms with Crippen LogP contribution < -0.4 is 9.80 Å². The summed E-state index contributed by atoms with van der Waals surface area (Å²) in [7, 11) is 0.